The van der Waals surface area contributed by atoms with Gasteiger partial charge in [0.1, 0.15) is 12.1 Å². The summed E-state index contributed by atoms with van der Waals surface area (Å²) >= 11 is 8.47. The number of unbranched alkanes of at least 4 members (excludes halogenated alkanes) is 1. The smallest absolute Gasteiger partial charge is 0.335 e. The first-order valence-electron chi connectivity index (χ1n) is 10.5. The molecular formula is C23H27N3O6S2. The number of benzene rings is 2. The number of carboxylic acid groups (broad SMARTS) is 2. The molecule has 0 saturated carbocycles. The van der Waals surface area contributed by atoms with Crippen molar-refractivity contribution < 1.29 is 29.4 Å². The van der Waals surface area contributed by atoms with Gasteiger partial charge in [-0.05, 0) is 61.7 Å². The van der Waals surface area contributed by atoms with Crippen molar-refractivity contribution in [3.8, 4) is 0 Å². The van der Waals surface area contributed by atoms with Gasteiger partial charge in [-0.3, -0.25) is 9.59 Å². The Bertz CT molecular complexity index is 1030. The Kier molecular flexibility index (Phi) is 10.4. The second kappa shape index (κ2) is 13.0. The van der Waals surface area contributed by atoms with Crippen molar-refractivity contribution in [3.63, 3.8) is 0 Å². The summed E-state index contributed by atoms with van der Waals surface area (Å²) in [5.74, 6) is -3.53. The van der Waals surface area contributed by atoms with Gasteiger partial charge in [-0.1, -0.05) is 12.1 Å². The van der Waals surface area contributed by atoms with Crippen LogP contribution in [0.2, 0.25) is 0 Å². The van der Waals surface area contributed by atoms with E-state index in [9.17, 15) is 24.3 Å². The van der Waals surface area contributed by atoms with Gasteiger partial charge >= 0.3 is 11.9 Å². The zero-order valence-corrected chi connectivity index (χ0v) is 20.0. The monoisotopic (exact) mass is 505 g/mol. The van der Waals surface area contributed by atoms with Crippen LogP contribution in [0.1, 0.15) is 45.5 Å². The summed E-state index contributed by atoms with van der Waals surface area (Å²) < 4.78 is 0. The highest BCUT2D eigenvalue weighted by Crippen LogP contribution is 2.17. The Hall–Kier alpha value is -3.02. The van der Waals surface area contributed by atoms with Gasteiger partial charge in [-0.25, -0.2) is 9.59 Å². The third-order valence-corrected chi connectivity index (χ3v) is 5.51. The Morgan fingerprint density at radius 2 is 1.47 bits per heavy atom. The number of hydrogen-bond donors (Lipinski definition) is 7. The van der Waals surface area contributed by atoms with Crippen molar-refractivity contribution in [3.05, 3.63) is 59.2 Å². The average Bonchev–Trinajstić information content (AvgIpc) is 2.77. The maximum Gasteiger partial charge on any atom is 0.335 e. The number of rotatable bonds is 12. The van der Waals surface area contributed by atoms with Gasteiger partial charge < -0.3 is 26.6 Å². The topological polar surface area (TPSA) is 159 Å². The molecule has 0 bridgehead atoms. The third kappa shape index (κ3) is 8.40. The molecule has 2 atom stereocenters. The van der Waals surface area contributed by atoms with Crippen LogP contribution in [0.15, 0.2) is 52.3 Å². The van der Waals surface area contributed by atoms with E-state index >= 15 is 0 Å². The molecule has 0 unspecified atom stereocenters. The zero-order chi connectivity index (χ0) is 25.3. The Balaban J connectivity index is 2.25. The van der Waals surface area contributed by atoms with E-state index in [0.29, 0.717) is 34.7 Å². The minimum atomic E-state index is -1.19. The van der Waals surface area contributed by atoms with Crippen LogP contribution in [0, 0.1) is 0 Å². The maximum atomic E-state index is 13.0. The molecule has 182 valence electrons. The predicted octanol–water partition coefficient (Wildman–Crippen LogP) is 2.00. The molecule has 2 aromatic rings. The molecule has 0 aromatic heterocycles. The largest absolute Gasteiger partial charge is 0.480 e. The number of aromatic carboxylic acids is 1. The summed E-state index contributed by atoms with van der Waals surface area (Å²) in [6.45, 7) is 0.405. The van der Waals surface area contributed by atoms with Crippen molar-refractivity contribution in [2.75, 3.05) is 6.54 Å². The number of carbonyl (C=O) groups is 4. The summed E-state index contributed by atoms with van der Waals surface area (Å²) in [4.78, 5) is 49.6. The van der Waals surface area contributed by atoms with Crippen LogP contribution in [0.3, 0.4) is 0 Å². The summed E-state index contributed by atoms with van der Waals surface area (Å²) in [5.41, 5.74) is 6.34. The molecule has 6 N–H and O–H groups in total. The van der Waals surface area contributed by atoms with Gasteiger partial charge in [0.05, 0.1) is 5.56 Å². The fraction of sp³-hybridized carbons (Fsp3) is 0.304. The Morgan fingerprint density at radius 3 is 2.00 bits per heavy atom. The molecule has 9 nitrogen and oxygen atoms in total. The summed E-state index contributed by atoms with van der Waals surface area (Å²) in [6, 6.07) is 8.26. The first-order chi connectivity index (χ1) is 16.1. The van der Waals surface area contributed by atoms with Gasteiger partial charge in [0.15, 0.2) is 0 Å². The summed E-state index contributed by atoms with van der Waals surface area (Å²) in [7, 11) is 0. The molecule has 0 fully saturated rings. The van der Waals surface area contributed by atoms with Gasteiger partial charge in [0.2, 0.25) is 5.91 Å². The predicted molar refractivity (Wildman–Crippen MR) is 132 cm³/mol. The van der Waals surface area contributed by atoms with Crippen LogP contribution in [-0.4, -0.2) is 52.6 Å². The molecule has 34 heavy (non-hydrogen) atoms. The molecular weight excluding hydrogens is 478 g/mol. The lowest BCUT2D eigenvalue weighted by Gasteiger charge is -2.22. The quantitative estimate of drug-likeness (QED) is 0.172. The van der Waals surface area contributed by atoms with Gasteiger partial charge in [0.25, 0.3) is 5.91 Å². The fourth-order valence-corrected chi connectivity index (χ4v) is 3.88. The second-order valence-corrected chi connectivity index (χ2v) is 8.69. The van der Waals surface area contributed by atoms with Crippen LogP contribution in [0.25, 0.3) is 0 Å². The average molecular weight is 506 g/mol. The van der Waals surface area contributed by atoms with Crippen LogP contribution in [0.5, 0.6) is 0 Å². The Morgan fingerprint density at radius 1 is 0.853 bits per heavy atom. The molecule has 0 radical (unpaired) electrons. The number of carbonyl (C=O) groups excluding carboxylic acids is 2. The lowest BCUT2D eigenvalue weighted by molar-refractivity contribution is -0.142. The number of aliphatic carboxylic acids is 1. The highest BCUT2D eigenvalue weighted by atomic mass is 32.1. The van der Waals surface area contributed by atoms with Crippen molar-refractivity contribution in [1.29, 1.82) is 0 Å². The lowest BCUT2D eigenvalue weighted by Crippen LogP contribution is -2.52. The number of nitrogens with one attached hydrogen (secondary N) is 2. The number of amides is 2. The van der Waals surface area contributed by atoms with E-state index in [1.54, 1.807) is 6.07 Å². The number of nitrogens with two attached hydrogens (primary N) is 1. The molecule has 11 heteroatoms. The fourth-order valence-electron chi connectivity index (χ4n) is 3.22. The van der Waals surface area contributed by atoms with Crippen LogP contribution in [0.4, 0.5) is 0 Å². The van der Waals surface area contributed by atoms with E-state index in [-0.39, 0.29) is 24.0 Å². The minimum absolute atomic E-state index is 0.0148. The SMILES string of the molecule is NCCCC[C@H](NC(=O)[C@H](Cc1ccc(C(=O)O)cc1)NC(=O)c1cc(S)cc(S)c1)C(=O)O. The summed E-state index contributed by atoms with van der Waals surface area (Å²) in [5, 5.41) is 23.7. The molecule has 0 heterocycles. The van der Waals surface area contributed by atoms with Crippen molar-refractivity contribution in [1.82, 2.24) is 10.6 Å². The first-order valence-corrected chi connectivity index (χ1v) is 11.4. The van der Waals surface area contributed by atoms with E-state index in [0.717, 1.165) is 0 Å². The van der Waals surface area contributed by atoms with Gasteiger partial charge in [0, 0.05) is 21.8 Å². The molecule has 2 amide bonds. The van der Waals surface area contributed by atoms with Crippen molar-refractivity contribution in [2.24, 2.45) is 5.73 Å². The molecule has 0 spiro atoms. The molecule has 0 aliphatic rings. The highest BCUT2D eigenvalue weighted by molar-refractivity contribution is 7.81. The second-order valence-electron chi connectivity index (χ2n) is 7.65. The number of thiol groups is 2. The van der Waals surface area contributed by atoms with Crippen molar-refractivity contribution >= 4 is 49.0 Å². The first kappa shape index (κ1) is 27.2. The normalized spacial score (nSPS) is 12.4. The van der Waals surface area contributed by atoms with Crippen LogP contribution < -0.4 is 16.4 Å². The maximum absolute atomic E-state index is 13.0. The molecule has 2 rings (SSSR count). The highest BCUT2D eigenvalue weighted by Gasteiger charge is 2.27. The van der Waals surface area contributed by atoms with E-state index in [1.807, 2.05) is 0 Å². The molecule has 2 aromatic carbocycles. The van der Waals surface area contributed by atoms with E-state index in [2.05, 4.69) is 35.9 Å². The number of carboxylic acids is 2. The van der Waals surface area contributed by atoms with Crippen molar-refractivity contribution in [2.45, 2.75) is 47.6 Å². The van der Waals surface area contributed by atoms with E-state index in [4.69, 9.17) is 10.8 Å². The van der Waals surface area contributed by atoms with Crippen LogP contribution in [-0.2, 0) is 16.0 Å². The van der Waals surface area contributed by atoms with Crippen LogP contribution >= 0.6 is 25.3 Å². The Labute approximate surface area is 207 Å². The van der Waals surface area contributed by atoms with E-state index in [1.165, 1.54) is 36.4 Å². The molecule has 0 aliphatic carbocycles. The molecule has 0 aliphatic heterocycles. The van der Waals surface area contributed by atoms with E-state index < -0.39 is 35.8 Å². The van der Waals surface area contributed by atoms with Gasteiger partial charge in [-0.15, -0.1) is 25.3 Å². The minimum Gasteiger partial charge on any atom is -0.480 e. The zero-order valence-electron chi connectivity index (χ0n) is 18.2. The van der Waals surface area contributed by atoms with Gasteiger partial charge in [-0.2, -0.15) is 0 Å². The standard InChI is InChI=1S/C23H27N3O6S2/c24-8-2-1-3-18(23(31)32)25-21(28)19(9-13-4-6-14(7-5-13)22(29)30)26-20(27)15-10-16(33)12-17(34)11-15/h4-7,10-12,18-19,33-34H,1-3,8-9,24H2,(H,25,28)(H,26,27)(H,29,30)(H,31,32)/t18-,19-/m0/s1. The number of hydrogen-bond acceptors (Lipinski definition) is 7. The molecule has 0 saturated heterocycles. The third-order valence-electron chi connectivity index (χ3n) is 4.99. The summed E-state index contributed by atoms with van der Waals surface area (Å²) in [6.07, 6.45) is 1.33. The lowest BCUT2D eigenvalue weighted by atomic mass is 10.0.